The standard InChI is InChI=1S/C17H19NO2/c1-20-15-7-4-13-8-9-18-17(16(13)11-15)10-12-2-5-14(19)6-3-12/h2-7,11,17-19H,8-10H2,1H3. The average Bonchev–Trinajstić information content (AvgIpc) is 2.49. The molecule has 0 aliphatic carbocycles. The molecule has 2 aromatic carbocycles. The van der Waals surface area contributed by atoms with Crippen LogP contribution in [0.3, 0.4) is 0 Å². The lowest BCUT2D eigenvalue weighted by molar-refractivity contribution is 0.411. The van der Waals surface area contributed by atoms with Crippen molar-refractivity contribution in [3.8, 4) is 11.5 Å². The number of benzene rings is 2. The van der Waals surface area contributed by atoms with Crippen molar-refractivity contribution in [2.24, 2.45) is 0 Å². The van der Waals surface area contributed by atoms with Gasteiger partial charge in [0.15, 0.2) is 0 Å². The number of hydrogen-bond acceptors (Lipinski definition) is 3. The summed E-state index contributed by atoms with van der Waals surface area (Å²) in [6, 6.07) is 14.1. The third-order valence-corrected chi connectivity index (χ3v) is 3.89. The summed E-state index contributed by atoms with van der Waals surface area (Å²) in [7, 11) is 1.70. The predicted molar refractivity (Wildman–Crippen MR) is 79.3 cm³/mol. The molecule has 3 rings (SSSR count). The highest BCUT2D eigenvalue weighted by molar-refractivity contribution is 5.40. The fourth-order valence-corrected chi connectivity index (χ4v) is 2.79. The minimum atomic E-state index is 0.304. The molecule has 0 aromatic heterocycles. The van der Waals surface area contributed by atoms with Crippen LogP contribution in [0.4, 0.5) is 0 Å². The molecule has 1 aliphatic heterocycles. The Balaban J connectivity index is 1.87. The molecule has 3 nitrogen and oxygen atoms in total. The first-order chi connectivity index (χ1) is 9.76. The number of rotatable bonds is 3. The molecule has 20 heavy (non-hydrogen) atoms. The van der Waals surface area contributed by atoms with Gasteiger partial charge in [-0.1, -0.05) is 18.2 Å². The zero-order valence-electron chi connectivity index (χ0n) is 11.6. The number of methoxy groups -OCH3 is 1. The average molecular weight is 269 g/mol. The molecule has 1 atom stereocenters. The van der Waals surface area contributed by atoms with Crippen LogP contribution in [0, 0.1) is 0 Å². The summed E-state index contributed by atoms with van der Waals surface area (Å²) < 4.78 is 5.33. The van der Waals surface area contributed by atoms with Crippen LogP contribution in [0.15, 0.2) is 42.5 Å². The van der Waals surface area contributed by atoms with Gasteiger partial charge >= 0.3 is 0 Å². The molecule has 104 valence electrons. The van der Waals surface area contributed by atoms with Crippen molar-refractivity contribution < 1.29 is 9.84 Å². The van der Waals surface area contributed by atoms with Crippen molar-refractivity contribution in [1.29, 1.82) is 0 Å². The second-order valence-electron chi connectivity index (χ2n) is 5.19. The van der Waals surface area contributed by atoms with Gasteiger partial charge in [0, 0.05) is 6.04 Å². The molecule has 3 heteroatoms. The third-order valence-electron chi connectivity index (χ3n) is 3.89. The minimum absolute atomic E-state index is 0.304. The summed E-state index contributed by atoms with van der Waals surface area (Å²) in [6.45, 7) is 1.00. The number of phenols is 1. The van der Waals surface area contributed by atoms with Gasteiger partial charge in [-0.25, -0.2) is 0 Å². The Kier molecular flexibility index (Phi) is 3.61. The lowest BCUT2D eigenvalue weighted by Gasteiger charge is -2.27. The van der Waals surface area contributed by atoms with Gasteiger partial charge in [-0.3, -0.25) is 0 Å². The number of aromatic hydroxyl groups is 1. The smallest absolute Gasteiger partial charge is 0.119 e. The number of phenolic OH excluding ortho intramolecular Hbond substituents is 1. The summed E-state index contributed by atoms with van der Waals surface area (Å²) in [4.78, 5) is 0. The van der Waals surface area contributed by atoms with Crippen LogP contribution in [-0.4, -0.2) is 18.8 Å². The Bertz CT molecular complexity index is 592. The van der Waals surface area contributed by atoms with Crippen molar-refractivity contribution in [2.45, 2.75) is 18.9 Å². The van der Waals surface area contributed by atoms with Crippen molar-refractivity contribution in [3.05, 3.63) is 59.2 Å². The van der Waals surface area contributed by atoms with E-state index in [2.05, 4.69) is 17.4 Å². The quantitative estimate of drug-likeness (QED) is 0.900. The first-order valence-corrected chi connectivity index (χ1v) is 6.94. The summed E-state index contributed by atoms with van der Waals surface area (Å²) in [6.07, 6.45) is 1.98. The molecular formula is C17H19NO2. The van der Waals surface area contributed by atoms with E-state index in [1.54, 1.807) is 19.2 Å². The Morgan fingerprint density at radius 2 is 2.00 bits per heavy atom. The fourth-order valence-electron chi connectivity index (χ4n) is 2.79. The van der Waals surface area contributed by atoms with Crippen molar-refractivity contribution >= 4 is 0 Å². The first-order valence-electron chi connectivity index (χ1n) is 6.94. The molecule has 0 spiro atoms. The van der Waals surface area contributed by atoms with Crippen LogP contribution in [0.5, 0.6) is 11.5 Å². The second kappa shape index (κ2) is 5.55. The number of fused-ring (bicyclic) bond motifs is 1. The van der Waals surface area contributed by atoms with Crippen LogP contribution < -0.4 is 10.1 Å². The minimum Gasteiger partial charge on any atom is -0.508 e. The van der Waals surface area contributed by atoms with E-state index in [9.17, 15) is 5.11 Å². The lowest BCUT2D eigenvalue weighted by Crippen LogP contribution is -2.31. The van der Waals surface area contributed by atoms with Gasteiger partial charge in [0.25, 0.3) is 0 Å². The number of nitrogens with one attached hydrogen (secondary N) is 1. The van der Waals surface area contributed by atoms with E-state index in [1.807, 2.05) is 18.2 Å². The number of hydrogen-bond donors (Lipinski definition) is 2. The van der Waals surface area contributed by atoms with E-state index >= 15 is 0 Å². The Labute approximate surface area is 119 Å². The Hall–Kier alpha value is -2.00. The molecule has 2 aromatic rings. The summed E-state index contributed by atoms with van der Waals surface area (Å²) in [5, 5.41) is 12.9. The monoisotopic (exact) mass is 269 g/mol. The van der Waals surface area contributed by atoms with Gasteiger partial charge < -0.3 is 15.2 Å². The van der Waals surface area contributed by atoms with Crippen LogP contribution in [0.1, 0.15) is 22.7 Å². The van der Waals surface area contributed by atoms with Crippen LogP contribution >= 0.6 is 0 Å². The summed E-state index contributed by atoms with van der Waals surface area (Å²) in [5.41, 5.74) is 3.94. The maximum atomic E-state index is 9.36. The lowest BCUT2D eigenvalue weighted by atomic mass is 9.90. The molecule has 0 saturated heterocycles. The molecular weight excluding hydrogens is 250 g/mol. The molecule has 2 N–H and O–H groups in total. The maximum absolute atomic E-state index is 9.36. The fraction of sp³-hybridized carbons (Fsp3) is 0.294. The summed E-state index contributed by atoms with van der Waals surface area (Å²) >= 11 is 0. The van der Waals surface area contributed by atoms with Crippen LogP contribution in [-0.2, 0) is 12.8 Å². The van der Waals surface area contributed by atoms with E-state index in [0.29, 0.717) is 11.8 Å². The topological polar surface area (TPSA) is 41.5 Å². The molecule has 1 aliphatic rings. The van der Waals surface area contributed by atoms with Gasteiger partial charge in [-0.15, -0.1) is 0 Å². The Morgan fingerprint density at radius 3 is 2.75 bits per heavy atom. The van der Waals surface area contributed by atoms with Gasteiger partial charge in [0.2, 0.25) is 0 Å². The molecule has 0 radical (unpaired) electrons. The van der Waals surface area contributed by atoms with Gasteiger partial charge in [-0.2, -0.15) is 0 Å². The zero-order chi connectivity index (χ0) is 13.9. The highest BCUT2D eigenvalue weighted by atomic mass is 16.5. The van der Waals surface area contributed by atoms with E-state index in [0.717, 1.165) is 25.1 Å². The summed E-state index contributed by atoms with van der Waals surface area (Å²) in [5.74, 6) is 1.22. The SMILES string of the molecule is COc1ccc2c(c1)C(Cc1ccc(O)cc1)NCC2. The van der Waals surface area contributed by atoms with Gasteiger partial charge in [-0.05, 0) is 60.3 Å². The normalized spacial score (nSPS) is 17.6. The van der Waals surface area contributed by atoms with Crippen molar-refractivity contribution in [1.82, 2.24) is 5.32 Å². The predicted octanol–water partition coefficient (Wildman–Crippen LogP) is 2.83. The van der Waals surface area contributed by atoms with Crippen molar-refractivity contribution in [3.63, 3.8) is 0 Å². The van der Waals surface area contributed by atoms with Crippen LogP contribution in [0.25, 0.3) is 0 Å². The largest absolute Gasteiger partial charge is 0.508 e. The highest BCUT2D eigenvalue weighted by Crippen LogP contribution is 2.29. The zero-order valence-corrected chi connectivity index (χ0v) is 11.6. The molecule has 0 fully saturated rings. The number of ether oxygens (including phenoxy) is 1. The van der Waals surface area contributed by atoms with E-state index in [1.165, 1.54) is 16.7 Å². The third kappa shape index (κ3) is 2.63. The second-order valence-corrected chi connectivity index (χ2v) is 5.19. The van der Waals surface area contributed by atoms with E-state index in [-0.39, 0.29) is 0 Å². The molecule has 0 saturated carbocycles. The first kappa shape index (κ1) is 13.0. The molecule has 0 bridgehead atoms. The Morgan fingerprint density at radius 1 is 1.20 bits per heavy atom. The molecule has 0 amide bonds. The van der Waals surface area contributed by atoms with Crippen LogP contribution in [0.2, 0.25) is 0 Å². The molecule has 1 heterocycles. The molecule has 1 unspecified atom stereocenters. The van der Waals surface area contributed by atoms with Crippen molar-refractivity contribution in [2.75, 3.05) is 13.7 Å². The highest BCUT2D eigenvalue weighted by Gasteiger charge is 2.20. The maximum Gasteiger partial charge on any atom is 0.119 e. The van der Waals surface area contributed by atoms with Gasteiger partial charge in [0.1, 0.15) is 11.5 Å². The van der Waals surface area contributed by atoms with E-state index in [4.69, 9.17) is 4.74 Å². The van der Waals surface area contributed by atoms with Gasteiger partial charge in [0.05, 0.1) is 7.11 Å². The van der Waals surface area contributed by atoms with E-state index < -0.39 is 0 Å².